The molecule has 4 heteroatoms. The molecule has 0 saturated heterocycles. The van der Waals surface area contributed by atoms with Crippen LogP contribution < -0.4 is 0 Å². The fraction of sp³-hybridized carbons (Fsp3) is 1.00. The lowest BCUT2D eigenvalue weighted by atomic mass is 9.96. The van der Waals surface area contributed by atoms with Crippen LogP contribution in [0.4, 0.5) is 0 Å². The summed E-state index contributed by atoms with van der Waals surface area (Å²) in [6.45, 7) is 0. The molecule has 0 aromatic rings. The van der Waals surface area contributed by atoms with E-state index in [1.807, 2.05) is 0 Å². The minimum absolute atomic E-state index is 0.0590. The zero-order valence-electron chi connectivity index (χ0n) is 6.82. The van der Waals surface area contributed by atoms with Crippen LogP contribution >= 0.6 is 0 Å². The van der Waals surface area contributed by atoms with Gasteiger partial charge in [-0.15, -0.1) is 0 Å². The van der Waals surface area contributed by atoms with E-state index >= 15 is 0 Å². The normalized spacial score (nSPS) is 21.7. The zero-order chi connectivity index (χ0) is 8.10. The van der Waals surface area contributed by atoms with E-state index in [1.54, 1.807) is 0 Å². The zero-order valence-corrected chi connectivity index (χ0v) is 6.82. The Morgan fingerprint density at radius 2 is 2.00 bits per heavy atom. The summed E-state index contributed by atoms with van der Waals surface area (Å²) in [5.41, 5.74) is 0. The summed E-state index contributed by atoms with van der Waals surface area (Å²) in [7, 11) is 1.40. The Labute approximate surface area is 66.4 Å². The van der Waals surface area contributed by atoms with Gasteiger partial charge >= 0.3 is 0 Å². The molecule has 1 saturated carbocycles. The predicted octanol–water partition coefficient (Wildman–Crippen LogP) is 1.84. The molecule has 0 aromatic heterocycles. The topological polar surface area (TPSA) is 47.7 Å². The van der Waals surface area contributed by atoms with Crippen LogP contribution in [0.3, 0.4) is 0 Å². The lowest BCUT2D eigenvalue weighted by molar-refractivity contribution is -0.595. The van der Waals surface area contributed by atoms with Gasteiger partial charge < -0.3 is 10.0 Å². The van der Waals surface area contributed by atoms with Gasteiger partial charge in [0.05, 0.1) is 0 Å². The van der Waals surface area contributed by atoms with Crippen LogP contribution in [0, 0.1) is 5.21 Å². The van der Waals surface area contributed by atoms with Crippen LogP contribution in [-0.2, 0) is 4.84 Å². The second-order valence-electron chi connectivity index (χ2n) is 2.86. The van der Waals surface area contributed by atoms with Gasteiger partial charge in [-0.2, -0.15) is 0 Å². The van der Waals surface area contributed by atoms with Crippen molar-refractivity contribution in [3.63, 3.8) is 0 Å². The molecule has 0 amide bonds. The van der Waals surface area contributed by atoms with E-state index in [1.165, 1.54) is 13.5 Å². The molecular formula is C7H14N2O2. The molecule has 0 unspecified atom stereocenters. The average molecular weight is 158 g/mol. The van der Waals surface area contributed by atoms with Crippen LogP contribution in [-0.4, -0.2) is 18.0 Å². The Balaban J connectivity index is 2.38. The molecular weight excluding hydrogens is 144 g/mol. The number of hydroxylamine groups is 1. The first-order valence-electron chi connectivity index (χ1n) is 4.05. The maximum atomic E-state index is 11.0. The third kappa shape index (κ3) is 2.37. The van der Waals surface area contributed by atoms with E-state index in [9.17, 15) is 5.21 Å². The maximum absolute atomic E-state index is 11.0. The third-order valence-corrected chi connectivity index (χ3v) is 2.05. The van der Waals surface area contributed by atoms with Crippen molar-refractivity contribution in [1.29, 1.82) is 0 Å². The Bertz CT molecular complexity index is 141. The van der Waals surface area contributed by atoms with Gasteiger partial charge in [0.2, 0.25) is 0 Å². The highest BCUT2D eigenvalue weighted by Crippen LogP contribution is 2.19. The van der Waals surface area contributed by atoms with Crippen LogP contribution in [0.5, 0.6) is 0 Å². The fourth-order valence-electron chi connectivity index (χ4n) is 1.45. The molecule has 0 heterocycles. The van der Waals surface area contributed by atoms with Gasteiger partial charge in [-0.3, -0.25) is 0 Å². The van der Waals surface area contributed by atoms with Crippen molar-refractivity contribution in [2.24, 2.45) is 5.28 Å². The van der Waals surface area contributed by atoms with E-state index in [0.717, 1.165) is 25.7 Å². The number of rotatable bonds is 2. The minimum atomic E-state index is 0.0590. The Morgan fingerprint density at radius 1 is 1.36 bits per heavy atom. The second kappa shape index (κ2) is 4.16. The van der Waals surface area contributed by atoms with Crippen molar-refractivity contribution < 1.29 is 9.70 Å². The summed E-state index contributed by atoms with van der Waals surface area (Å²) >= 11 is 0. The average Bonchev–Trinajstić information content (AvgIpc) is 2.07. The van der Waals surface area contributed by atoms with Crippen LogP contribution in [0.2, 0.25) is 0 Å². The molecule has 64 valence electrons. The molecule has 11 heavy (non-hydrogen) atoms. The van der Waals surface area contributed by atoms with Crippen molar-refractivity contribution >= 4 is 0 Å². The first kappa shape index (κ1) is 8.30. The third-order valence-electron chi connectivity index (χ3n) is 2.05. The van der Waals surface area contributed by atoms with Crippen LogP contribution in [0.25, 0.3) is 0 Å². The van der Waals surface area contributed by atoms with E-state index in [2.05, 4.69) is 10.1 Å². The molecule has 0 radical (unpaired) electrons. The first-order chi connectivity index (χ1) is 5.34. The van der Waals surface area contributed by atoms with Gasteiger partial charge in [-0.25, -0.2) is 0 Å². The smallest absolute Gasteiger partial charge is 0.199 e. The van der Waals surface area contributed by atoms with E-state index in [4.69, 9.17) is 0 Å². The van der Waals surface area contributed by atoms with Gasteiger partial charge in [-0.05, 0) is 12.8 Å². The Kier molecular flexibility index (Phi) is 3.14. The van der Waals surface area contributed by atoms with E-state index in [0.29, 0.717) is 4.86 Å². The van der Waals surface area contributed by atoms with Crippen LogP contribution in [0.15, 0.2) is 5.28 Å². The Morgan fingerprint density at radius 3 is 2.55 bits per heavy atom. The molecule has 0 aromatic carbocycles. The maximum Gasteiger partial charge on any atom is 0.199 e. The summed E-state index contributed by atoms with van der Waals surface area (Å²) in [5, 5.41) is 14.3. The highest BCUT2D eigenvalue weighted by molar-refractivity contribution is 4.62. The quantitative estimate of drug-likeness (QED) is 0.350. The summed E-state index contributed by atoms with van der Waals surface area (Å²) in [6.07, 6.45) is 5.44. The van der Waals surface area contributed by atoms with Crippen LogP contribution in [0.1, 0.15) is 32.1 Å². The number of hydrogen-bond acceptors (Lipinski definition) is 3. The van der Waals surface area contributed by atoms with Crippen molar-refractivity contribution in [1.82, 2.24) is 0 Å². The monoisotopic (exact) mass is 158 g/mol. The van der Waals surface area contributed by atoms with E-state index < -0.39 is 0 Å². The van der Waals surface area contributed by atoms with Gasteiger partial charge in [0.1, 0.15) is 7.11 Å². The molecule has 0 aliphatic heterocycles. The number of hydrogen-bond donors (Lipinski definition) is 0. The minimum Gasteiger partial charge on any atom is -0.597 e. The molecule has 1 fully saturated rings. The van der Waals surface area contributed by atoms with E-state index in [-0.39, 0.29) is 6.04 Å². The summed E-state index contributed by atoms with van der Waals surface area (Å²) in [5.74, 6) is 0. The molecule has 0 atom stereocenters. The number of nitrogens with zero attached hydrogens (tertiary/aromatic N) is 2. The molecule has 0 bridgehead atoms. The standard InChI is InChI=1S/C7H14N2O2/c1-11-8-9(10)7-5-3-2-4-6-7/h7H,2-6H2,1H3/b9-8-. The first-order valence-corrected chi connectivity index (χ1v) is 4.05. The molecule has 0 spiro atoms. The highest BCUT2D eigenvalue weighted by Gasteiger charge is 2.21. The van der Waals surface area contributed by atoms with Gasteiger partial charge in [0, 0.05) is 12.8 Å². The summed E-state index contributed by atoms with van der Waals surface area (Å²) in [4.78, 5) is 5.09. The highest BCUT2D eigenvalue weighted by atomic mass is 16.7. The lowest BCUT2D eigenvalue weighted by Crippen LogP contribution is -2.23. The second-order valence-corrected chi connectivity index (χ2v) is 2.86. The molecule has 1 aliphatic rings. The van der Waals surface area contributed by atoms with Crippen molar-refractivity contribution in [3.05, 3.63) is 5.21 Å². The SMILES string of the molecule is CO/N=[N+](\[O-])C1CCCCC1. The summed E-state index contributed by atoms with van der Waals surface area (Å²) in [6, 6.07) is 0.0590. The predicted molar refractivity (Wildman–Crippen MR) is 39.9 cm³/mol. The van der Waals surface area contributed by atoms with Crippen molar-refractivity contribution in [3.8, 4) is 0 Å². The van der Waals surface area contributed by atoms with Crippen molar-refractivity contribution in [2.75, 3.05) is 7.11 Å². The molecule has 1 aliphatic carbocycles. The molecule has 4 nitrogen and oxygen atoms in total. The largest absolute Gasteiger partial charge is 0.597 e. The Hall–Kier alpha value is -0.800. The van der Waals surface area contributed by atoms with Gasteiger partial charge in [0.15, 0.2) is 11.3 Å². The summed E-state index contributed by atoms with van der Waals surface area (Å²) < 4.78 is 0. The molecule has 1 rings (SSSR count). The fourth-order valence-corrected chi connectivity index (χ4v) is 1.45. The lowest BCUT2D eigenvalue weighted by Gasteiger charge is -2.17. The van der Waals surface area contributed by atoms with Gasteiger partial charge in [-0.1, -0.05) is 11.3 Å². The molecule has 0 N–H and O–H groups in total. The van der Waals surface area contributed by atoms with Gasteiger partial charge in [0.25, 0.3) is 0 Å². The van der Waals surface area contributed by atoms with Crippen molar-refractivity contribution in [2.45, 2.75) is 38.1 Å².